The first-order chi connectivity index (χ1) is 40.8. The lowest BCUT2D eigenvalue weighted by Crippen LogP contribution is -2.30. The van der Waals surface area contributed by atoms with E-state index in [4.69, 9.17) is 37.0 Å². The van der Waals surface area contributed by atoms with E-state index in [0.29, 0.717) is 25.7 Å². The SMILES string of the molecule is CCCCCCCC(=O)OC[C@H](COP(=O)(O)OC[C@H](O)COP(=O)(O)OC[C@@H](COC(=O)CCCCCCCCCCCCC(C)CC)OC(=O)CCCCCCCCCCCCCC(C)C)OC(=O)CCCCCCCCCCC(C)CC. The van der Waals surface area contributed by atoms with Crippen LogP contribution in [0.3, 0.4) is 0 Å². The van der Waals surface area contributed by atoms with Crippen LogP contribution in [0.15, 0.2) is 0 Å². The van der Waals surface area contributed by atoms with Crippen LogP contribution in [0.2, 0.25) is 0 Å². The van der Waals surface area contributed by atoms with Gasteiger partial charge in [0.25, 0.3) is 0 Å². The smallest absolute Gasteiger partial charge is 0.462 e. The third kappa shape index (κ3) is 58.2. The molecule has 85 heavy (non-hydrogen) atoms. The lowest BCUT2D eigenvalue weighted by Gasteiger charge is -2.21. The molecule has 0 spiro atoms. The molecule has 0 fully saturated rings. The molecule has 0 radical (unpaired) electrons. The molecule has 0 aliphatic rings. The van der Waals surface area contributed by atoms with Crippen molar-refractivity contribution >= 4 is 39.5 Å². The third-order valence-corrected chi connectivity index (χ3v) is 17.8. The molecular formula is C66H128O17P2. The molecule has 19 heteroatoms. The highest BCUT2D eigenvalue weighted by molar-refractivity contribution is 7.47. The number of rotatable bonds is 64. The monoisotopic (exact) mass is 1250 g/mol. The summed E-state index contributed by atoms with van der Waals surface area (Å²) in [5.41, 5.74) is 0. The van der Waals surface area contributed by atoms with Crippen molar-refractivity contribution in [3.05, 3.63) is 0 Å². The number of hydrogen-bond acceptors (Lipinski definition) is 15. The van der Waals surface area contributed by atoms with Gasteiger partial charge in [-0.1, -0.05) is 273 Å². The van der Waals surface area contributed by atoms with Gasteiger partial charge in [0.15, 0.2) is 12.2 Å². The highest BCUT2D eigenvalue weighted by Crippen LogP contribution is 2.45. The van der Waals surface area contributed by atoms with E-state index in [-0.39, 0.29) is 25.7 Å². The Bertz CT molecular complexity index is 1690. The van der Waals surface area contributed by atoms with Gasteiger partial charge in [-0.15, -0.1) is 0 Å². The number of ether oxygens (including phenoxy) is 4. The number of carbonyl (C=O) groups is 4. The molecule has 0 aliphatic heterocycles. The molecule has 0 aromatic rings. The molecule has 0 amide bonds. The summed E-state index contributed by atoms with van der Waals surface area (Å²) in [6, 6.07) is 0. The van der Waals surface area contributed by atoms with Crippen molar-refractivity contribution in [1.29, 1.82) is 0 Å². The normalized spacial score (nSPS) is 15.0. The molecule has 7 atom stereocenters. The van der Waals surface area contributed by atoms with Crippen LogP contribution in [-0.4, -0.2) is 96.7 Å². The summed E-state index contributed by atoms with van der Waals surface area (Å²) in [6.45, 7) is 11.8. The molecule has 0 aliphatic carbocycles. The second kappa shape index (κ2) is 57.2. The molecule has 0 heterocycles. The van der Waals surface area contributed by atoms with Crippen molar-refractivity contribution in [1.82, 2.24) is 0 Å². The molecule has 0 aromatic carbocycles. The predicted molar refractivity (Wildman–Crippen MR) is 340 cm³/mol. The minimum Gasteiger partial charge on any atom is -0.462 e. The maximum absolute atomic E-state index is 13.0. The molecule has 0 aromatic heterocycles. The Balaban J connectivity index is 5.19. The molecule has 3 N–H and O–H groups in total. The van der Waals surface area contributed by atoms with Crippen LogP contribution in [0.1, 0.15) is 325 Å². The highest BCUT2D eigenvalue weighted by atomic mass is 31.2. The van der Waals surface area contributed by atoms with E-state index >= 15 is 0 Å². The van der Waals surface area contributed by atoms with E-state index in [1.807, 2.05) is 0 Å². The standard InChI is InChI=1S/C66H128O17P2/c1-8-11-12-30-40-47-63(68)76-53-61(82-66(71)50-43-36-29-23-22-26-33-39-46-59(7)10-3)55-80-84(72,73)78-51-60(67)52-79-85(74,75)81-56-62(83-65(70)49-42-35-28-21-15-13-14-18-24-31-37-44-57(4)5)54-77-64(69)48-41-34-27-20-17-16-19-25-32-38-45-58(6)9-2/h57-62,67H,8-56H2,1-7H3,(H,72,73)(H,74,75)/t58?,59?,60-,61+,62+/m0/s1. The van der Waals surface area contributed by atoms with E-state index in [0.717, 1.165) is 114 Å². The number of carbonyl (C=O) groups excluding carboxylic acids is 4. The third-order valence-electron chi connectivity index (χ3n) is 15.9. The van der Waals surface area contributed by atoms with Gasteiger partial charge in [0.05, 0.1) is 26.4 Å². The van der Waals surface area contributed by atoms with Gasteiger partial charge in [0.1, 0.15) is 19.3 Å². The fourth-order valence-corrected chi connectivity index (χ4v) is 11.3. The summed E-state index contributed by atoms with van der Waals surface area (Å²) in [6.07, 6.45) is 39.1. The van der Waals surface area contributed by atoms with Crippen molar-refractivity contribution in [2.75, 3.05) is 39.6 Å². The van der Waals surface area contributed by atoms with Crippen LogP contribution >= 0.6 is 15.6 Å². The highest BCUT2D eigenvalue weighted by Gasteiger charge is 2.30. The zero-order chi connectivity index (χ0) is 63.1. The van der Waals surface area contributed by atoms with Crippen LogP contribution in [-0.2, 0) is 65.4 Å². The number of phosphoric acid groups is 2. The van der Waals surface area contributed by atoms with Gasteiger partial charge in [0, 0.05) is 25.7 Å². The average Bonchev–Trinajstić information content (AvgIpc) is 3.55. The van der Waals surface area contributed by atoms with Gasteiger partial charge in [-0.2, -0.15) is 0 Å². The minimum absolute atomic E-state index is 0.104. The Morgan fingerprint density at radius 1 is 0.341 bits per heavy atom. The average molecular weight is 1260 g/mol. The number of unbranched alkanes of at least 4 members (excludes halogenated alkanes) is 30. The van der Waals surface area contributed by atoms with Gasteiger partial charge in [-0.25, -0.2) is 9.13 Å². The first-order valence-electron chi connectivity index (χ1n) is 34.4. The summed E-state index contributed by atoms with van der Waals surface area (Å²) in [5.74, 6) is 0.201. The molecule has 504 valence electrons. The summed E-state index contributed by atoms with van der Waals surface area (Å²) >= 11 is 0. The van der Waals surface area contributed by atoms with E-state index in [1.54, 1.807) is 0 Å². The fraction of sp³-hybridized carbons (Fsp3) is 0.939. The number of esters is 4. The van der Waals surface area contributed by atoms with E-state index in [1.165, 1.54) is 128 Å². The van der Waals surface area contributed by atoms with Crippen molar-refractivity contribution in [3.8, 4) is 0 Å². The molecule has 0 saturated heterocycles. The zero-order valence-electron chi connectivity index (χ0n) is 55.1. The Morgan fingerprint density at radius 3 is 0.894 bits per heavy atom. The Hall–Kier alpha value is -1.94. The maximum Gasteiger partial charge on any atom is 0.472 e. The lowest BCUT2D eigenvalue weighted by molar-refractivity contribution is -0.161. The minimum atomic E-state index is -4.95. The first-order valence-corrected chi connectivity index (χ1v) is 37.4. The van der Waals surface area contributed by atoms with E-state index in [2.05, 4.69) is 48.5 Å². The van der Waals surface area contributed by atoms with E-state index < -0.39 is 97.5 Å². The number of aliphatic hydroxyl groups excluding tert-OH is 1. The Kier molecular flexibility index (Phi) is 55.9. The Labute approximate surface area is 517 Å². The van der Waals surface area contributed by atoms with E-state index in [9.17, 15) is 43.2 Å². The first kappa shape index (κ1) is 83.1. The summed E-state index contributed by atoms with van der Waals surface area (Å²) < 4.78 is 67.9. The van der Waals surface area contributed by atoms with Crippen LogP contribution in [0, 0.1) is 17.8 Å². The maximum atomic E-state index is 13.0. The summed E-state index contributed by atoms with van der Waals surface area (Å²) in [4.78, 5) is 72.1. The lowest BCUT2D eigenvalue weighted by atomic mass is 9.99. The topological polar surface area (TPSA) is 237 Å². The van der Waals surface area contributed by atoms with Gasteiger partial charge in [0.2, 0.25) is 0 Å². The molecule has 4 unspecified atom stereocenters. The number of aliphatic hydroxyl groups is 1. The van der Waals surface area contributed by atoms with Crippen LogP contribution in [0.5, 0.6) is 0 Å². The molecule has 0 saturated carbocycles. The van der Waals surface area contributed by atoms with Crippen LogP contribution in [0.25, 0.3) is 0 Å². The van der Waals surface area contributed by atoms with Gasteiger partial charge in [-0.05, 0) is 43.4 Å². The van der Waals surface area contributed by atoms with Gasteiger partial charge < -0.3 is 33.8 Å². The van der Waals surface area contributed by atoms with Gasteiger partial charge >= 0.3 is 39.5 Å². The van der Waals surface area contributed by atoms with Crippen LogP contribution in [0.4, 0.5) is 0 Å². The largest absolute Gasteiger partial charge is 0.472 e. The van der Waals surface area contributed by atoms with Crippen LogP contribution < -0.4 is 0 Å². The predicted octanol–water partition coefficient (Wildman–Crippen LogP) is 18.3. The molecule has 17 nitrogen and oxygen atoms in total. The Morgan fingerprint density at radius 2 is 0.600 bits per heavy atom. The number of phosphoric ester groups is 2. The summed E-state index contributed by atoms with van der Waals surface area (Å²) in [7, 11) is -9.89. The van der Waals surface area contributed by atoms with Crippen molar-refractivity contribution in [3.63, 3.8) is 0 Å². The van der Waals surface area contributed by atoms with Crippen molar-refractivity contribution in [2.24, 2.45) is 17.8 Å². The summed E-state index contributed by atoms with van der Waals surface area (Å²) in [5, 5.41) is 10.5. The van der Waals surface area contributed by atoms with Crippen molar-refractivity contribution < 1.29 is 80.2 Å². The van der Waals surface area contributed by atoms with Crippen molar-refractivity contribution in [2.45, 2.75) is 343 Å². The number of hydrogen-bond donors (Lipinski definition) is 3. The molecular weight excluding hydrogens is 1130 g/mol. The zero-order valence-corrected chi connectivity index (χ0v) is 56.9. The van der Waals surface area contributed by atoms with Gasteiger partial charge in [-0.3, -0.25) is 37.3 Å². The second-order valence-corrected chi connectivity index (χ2v) is 27.7. The molecule has 0 bridgehead atoms. The second-order valence-electron chi connectivity index (χ2n) is 24.8. The quantitative estimate of drug-likeness (QED) is 0.0222. The molecule has 0 rings (SSSR count). The fourth-order valence-electron chi connectivity index (χ4n) is 9.77.